The third-order valence-corrected chi connectivity index (χ3v) is 3.37. The van der Waals surface area contributed by atoms with Crippen molar-refractivity contribution in [2.75, 3.05) is 18.5 Å². The molecule has 2 aromatic carbocycles. The number of ether oxygens (including phenoxy) is 2. The molecule has 0 saturated heterocycles. The number of hydrogen-bond donors (Lipinski definition) is 1. The number of benzene rings is 2. The number of hydrogen-bond acceptors (Lipinski definition) is 3. The van der Waals surface area contributed by atoms with E-state index >= 15 is 0 Å². The van der Waals surface area contributed by atoms with Crippen LogP contribution in [0.3, 0.4) is 0 Å². The smallest absolute Gasteiger partial charge is 0.142 e. The summed E-state index contributed by atoms with van der Waals surface area (Å²) in [7, 11) is 0. The zero-order valence-electron chi connectivity index (χ0n) is 14.5. The minimum Gasteiger partial charge on any atom is -0.491 e. The Hall–Kier alpha value is -2.16. The molecule has 0 spiro atoms. The van der Waals surface area contributed by atoms with Crippen molar-refractivity contribution >= 4 is 5.69 Å². The highest BCUT2D eigenvalue weighted by Gasteiger charge is 2.08. The minimum atomic E-state index is 0.0648. The van der Waals surface area contributed by atoms with E-state index in [1.807, 2.05) is 36.4 Å². The monoisotopic (exact) mass is 313 g/mol. The summed E-state index contributed by atoms with van der Waals surface area (Å²) in [6.07, 6.45) is 0.0648. The van der Waals surface area contributed by atoms with Crippen LogP contribution in [-0.2, 0) is 0 Å². The fourth-order valence-electron chi connectivity index (χ4n) is 2.21. The van der Waals surface area contributed by atoms with Crippen molar-refractivity contribution in [1.82, 2.24) is 0 Å². The van der Waals surface area contributed by atoms with Crippen LogP contribution in [0.15, 0.2) is 48.5 Å². The molecule has 3 nitrogen and oxygen atoms in total. The van der Waals surface area contributed by atoms with Gasteiger partial charge in [0.15, 0.2) is 0 Å². The Morgan fingerprint density at radius 1 is 1.00 bits per heavy atom. The molecule has 3 heteroatoms. The Kier molecular flexibility index (Phi) is 6.33. The molecule has 2 aromatic rings. The predicted molar refractivity (Wildman–Crippen MR) is 96.5 cm³/mol. The first-order valence-corrected chi connectivity index (χ1v) is 8.23. The summed E-state index contributed by atoms with van der Waals surface area (Å²) in [6.45, 7) is 9.86. The molecule has 0 aliphatic carbocycles. The Bertz CT molecular complexity index is 610. The molecule has 1 atom stereocenters. The van der Waals surface area contributed by atoms with Crippen LogP contribution in [0.4, 0.5) is 5.69 Å². The second-order valence-corrected chi connectivity index (χ2v) is 6.33. The van der Waals surface area contributed by atoms with Crippen LogP contribution in [0.25, 0.3) is 0 Å². The van der Waals surface area contributed by atoms with Crippen LogP contribution in [-0.4, -0.2) is 19.3 Å². The normalized spacial score (nSPS) is 12.0. The minimum absolute atomic E-state index is 0.0648. The summed E-state index contributed by atoms with van der Waals surface area (Å²) in [4.78, 5) is 0. The lowest BCUT2D eigenvalue weighted by Crippen LogP contribution is -2.23. The number of rotatable bonds is 8. The van der Waals surface area contributed by atoms with Gasteiger partial charge in [0, 0.05) is 0 Å². The van der Waals surface area contributed by atoms with Crippen LogP contribution >= 0.6 is 0 Å². The summed E-state index contributed by atoms with van der Waals surface area (Å²) in [5.41, 5.74) is 2.21. The standard InChI is InChI=1S/C20H27NO2/c1-15(2)14-22-20-11-6-5-10-19(20)21-13-17(4)23-18-9-7-8-16(3)12-18/h5-12,15,17,21H,13-14H2,1-4H3. The SMILES string of the molecule is Cc1cccc(OC(C)CNc2ccccc2OCC(C)C)c1. The van der Waals surface area contributed by atoms with Crippen molar-refractivity contribution in [2.45, 2.75) is 33.8 Å². The summed E-state index contributed by atoms with van der Waals surface area (Å²) < 4.78 is 11.8. The zero-order valence-corrected chi connectivity index (χ0v) is 14.5. The fraction of sp³-hybridized carbons (Fsp3) is 0.400. The first-order valence-electron chi connectivity index (χ1n) is 8.23. The van der Waals surface area contributed by atoms with Crippen LogP contribution in [0, 0.1) is 12.8 Å². The summed E-state index contributed by atoms with van der Waals surface area (Å²) in [6, 6.07) is 16.2. The molecule has 0 bridgehead atoms. The van der Waals surface area contributed by atoms with E-state index in [4.69, 9.17) is 9.47 Å². The van der Waals surface area contributed by atoms with Gasteiger partial charge in [0.1, 0.15) is 17.6 Å². The molecule has 0 aliphatic rings. The average Bonchev–Trinajstić information content (AvgIpc) is 2.51. The maximum Gasteiger partial charge on any atom is 0.142 e. The van der Waals surface area contributed by atoms with E-state index in [2.05, 4.69) is 45.1 Å². The maximum atomic E-state index is 5.95. The molecule has 2 rings (SSSR count). The Labute approximate surface area is 139 Å². The summed E-state index contributed by atoms with van der Waals surface area (Å²) in [5.74, 6) is 2.30. The van der Waals surface area contributed by atoms with Gasteiger partial charge in [-0.15, -0.1) is 0 Å². The lowest BCUT2D eigenvalue weighted by molar-refractivity contribution is 0.234. The number of para-hydroxylation sites is 2. The van der Waals surface area contributed by atoms with Gasteiger partial charge in [0.05, 0.1) is 18.8 Å². The van der Waals surface area contributed by atoms with Gasteiger partial charge in [-0.2, -0.15) is 0 Å². The molecular weight excluding hydrogens is 286 g/mol. The number of nitrogens with one attached hydrogen (secondary N) is 1. The predicted octanol–water partition coefficient (Wildman–Crippen LogP) is 4.91. The fourth-order valence-corrected chi connectivity index (χ4v) is 2.21. The first-order chi connectivity index (χ1) is 11.0. The van der Waals surface area contributed by atoms with Crippen molar-refractivity contribution in [1.29, 1.82) is 0 Å². The van der Waals surface area contributed by atoms with Gasteiger partial charge in [-0.3, -0.25) is 0 Å². The van der Waals surface area contributed by atoms with E-state index in [0.717, 1.165) is 23.7 Å². The molecule has 0 fully saturated rings. The van der Waals surface area contributed by atoms with Gasteiger partial charge < -0.3 is 14.8 Å². The third kappa shape index (κ3) is 5.85. The molecule has 0 amide bonds. The van der Waals surface area contributed by atoms with Crippen molar-refractivity contribution in [2.24, 2.45) is 5.92 Å². The molecule has 0 aliphatic heterocycles. The van der Waals surface area contributed by atoms with Gasteiger partial charge in [-0.05, 0) is 49.6 Å². The Balaban J connectivity index is 1.90. The zero-order chi connectivity index (χ0) is 16.7. The second-order valence-electron chi connectivity index (χ2n) is 6.33. The van der Waals surface area contributed by atoms with Gasteiger partial charge in [-0.25, -0.2) is 0 Å². The molecule has 23 heavy (non-hydrogen) atoms. The molecule has 0 aromatic heterocycles. The molecule has 0 heterocycles. The van der Waals surface area contributed by atoms with Gasteiger partial charge in [0.25, 0.3) is 0 Å². The number of anilines is 1. The highest BCUT2D eigenvalue weighted by molar-refractivity contribution is 5.56. The van der Waals surface area contributed by atoms with Gasteiger partial charge in [0.2, 0.25) is 0 Å². The second kappa shape index (κ2) is 8.47. The molecule has 0 saturated carbocycles. The van der Waals surface area contributed by atoms with E-state index in [-0.39, 0.29) is 6.10 Å². The Morgan fingerprint density at radius 2 is 1.78 bits per heavy atom. The highest BCUT2D eigenvalue weighted by atomic mass is 16.5. The molecular formula is C20H27NO2. The third-order valence-electron chi connectivity index (χ3n) is 3.37. The van der Waals surface area contributed by atoms with Crippen molar-refractivity contribution < 1.29 is 9.47 Å². The van der Waals surface area contributed by atoms with Crippen molar-refractivity contribution in [3.8, 4) is 11.5 Å². The van der Waals surface area contributed by atoms with E-state index < -0.39 is 0 Å². The number of aryl methyl sites for hydroxylation is 1. The van der Waals surface area contributed by atoms with E-state index in [9.17, 15) is 0 Å². The quantitative estimate of drug-likeness (QED) is 0.751. The van der Waals surface area contributed by atoms with Crippen LogP contribution < -0.4 is 14.8 Å². The van der Waals surface area contributed by atoms with Crippen LogP contribution in [0.2, 0.25) is 0 Å². The van der Waals surface area contributed by atoms with Crippen LogP contribution in [0.5, 0.6) is 11.5 Å². The van der Waals surface area contributed by atoms with Gasteiger partial charge >= 0.3 is 0 Å². The van der Waals surface area contributed by atoms with E-state index in [0.29, 0.717) is 12.5 Å². The Morgan fingerprint density at radius 3 is 2.52 bits per heavy atom. The average molecular weight is 313 g/mol. The van der Waals surface area contributed by atoms with E-state index in [1.54, 1.807) is 0 Å². The first kappa shape index (κ1) is 17.2. The molecule has 1 unspecified atom stereocenters. The van der Waals surface area contributed by atoms with Crippen LogP contribution in [0.1, 0.15) is 26.3 Å². The van der Waals surface area contributed by atoms with Crippen molar-refractivity contribution in [3.05, 3.63) is 54.1 Å². The lowest BCUT2D eigenvalue weighted by Gasteiger charge is -2.18. The van der Waals surface area contributed by atoms with E-state index in [1.165, 1.54) is 5.56 Å². The molecule has 1 N–H and O–H groups in total. The highest BCUT2D eigenvalue weighted by Crippen LogP contribution is 2.24. The molecule has 124 valence electrons. The summed E-state index contributed by atoms with van der Waals surface area (Å²) in [5, 5.41) is 3.42. The molecule has 0 radical (unpaired) electrons. The largest absolute Gasteiger partial charge is 0.491 e. The lowest BCUT2D eigenvalue weighted by atomic mass is 10.2. The van der Waals surface area contributed by atoms with Crippen molar-refractivity contribution in [3.63, 3.8) is 0 Å². The van der Waals surface area contributed by atoms with Gasteiger partial charge in [-0.1, -0.05) is 38.1 Å². The topological polar surface area (TPSA) is 30.5 Å². The maximum absolute atomic E-state index is 5.95. The summed E-state index contributed by atoms with van der Waals surface area (Å²) >= 11 is 0.